The van der Waals surface area contributed by atoms with Crippen LogP contribution in [0.2, 0.25) is 0 Å². The van der Waals surface area contributed by atoms with Gasteiger partial charge in [0.25, 0.3) is 5.91 Å². The number of ether oxygens (including phenoxy) is 1. The van der Waals surface area contributed by atoms with E-state index >= 15 is 0 Å². The van der Waals surface area contributed by atoms with Crippen LogP contribution < -0.4 is 5.32 Å². The van der Waals surface area contributed by atoms with E-state index in [0.717, 1.165) is 4.70 Å². The molecule has 1 amide bonds. The minimum absolute atomic E-state index is 0.137. The molecule has 0 fully saturated rings. The minimum atomic E-state index is -1.02. The Hall–Kier alpha value is -1.50. The lowest BCUT2D eigenvalue weighted by Crippen LogP contribution is -2.41. The van der Waals surface area contributed by atoms with E-state index in [1.54, 1.807) is 26.2 Å². The fraction of sp³-hybridized carbons (Fsp3) is 0.400. The average Bonchev–Trinajstić information content (AvgIpc) is 2.85. The molecule has 2 N–H and O–H groups in total. The van der Waals surface area contributed by atoms with Gasteiger partial charge in [0.05, 0.1) is 10.5 Å². The van der Waals surface area contributed by atoms with Crippen molar-refractivity contribution < 1.29 is 19.0 Å². The molecular formula is C15H18FNO3S. The largest absolute Gasteiger partial charge is 0.388 e. The SMILES string of the molecule is COCCC(C)(O)CNC(=O)c1cc2cc(F)ccc2s1. The summed E-state index contributed by atoms with van der Waals surface area (Å²) in [5.74, 6) is -0.593. The first-order valence-electron chi connectivity index (χ1n) is 6.60. The van der Waals surface area contributed by atoms with Crippen molar-refractivity contribution >= 4 is 27.3 Å². The summed E-state index contributed by atoms with van der Waals surface area (Å²) >= 11 is 1.30. The molecule has 1 unspecified atom stereocenters. The highest BCUT2D eigenvalue weighted by Crippen LogP contribution is 2.26. The van der Waals surface area contributed by atoms with E-state index in [-0.39, 0.29) is 18.3 Å². The van der Waals surface area contributed by atoms with Gasteiger partial charge < -0.3 is 15.2 Å². The van der Waals surface area contributed by atoms with Crippen molar-refractivity contribution in [1.29, 1.82) is 0 Å². The minimum Gasteiger partial charge on any atom is -0.388 e. The van der Waals surface area contributed by atoms with Crippen LogP contribution in [0.25, 0.3) is 10.1 Å². The molecule has 0 saturated heterocycles. The highest BCUT2D eigenvalue weighted by molar-refractivity contribution is 7.20. The summed E-state index contributed by atoms with van der Waals surface area (Å²) in [5.41, 5.74) is -1.02. The third-order valence-corrected chi connectivity index (χ3v) is 4.29. The number of amides is 1. The van der Waals surface area contributed by atoms with Crippen molar-refractivity contribution in [1.82, 2.24) is 5.32 Å². The highest BCUT2D eigenvalue weighted by atomic mass is 32.1. The zero-order valence-corrected chi connectivity index (χ0v) is 12.8. The second-order valence-corrected chi connectivity index (χ2v) is 6.30. The van der Waals surface area contributed by atoms with Gasteiger partial charge in [-0.05, 0) is 36.6 Å². The summed E-state index contributed by atoms with van der Waals surface area (Å²) in [6.07, 6.45) is 0.432. The number of carbonyl (C=O) groups excluding carboxylic acids is 1. The molecule has 4 nitrogen and oxygen atoms in total. The number of aliphatic hydroxyl groups is 1. The monoisotopic (exact) mass is 311 g/mol. The van der Waals surface area contributed by atoms with E-state index < -0.39 is 5.60 Å². The summed E-state index contributed by atoms with van der Waals surface area (Å²) in [7, 11) is 1.56. The summed E-state index contributed by atoms with van der Waals surface area (Å²) in [4.78, 5) is 12.6. The van der Waals surface area contributed by atoms with Crippen molar-refractivity contribution in [2.75, 3.05) is 20.3 Å². The van der Waals surface area contributed by atoms with Crippen molar-refractivity contribution in [2.45, 2.75) is 18.9 Å². The summed E-state index contributed by atoms with van der Waals surface area (Å²) < 4.78 is 18.9. The number of methoxy groups -OCH3 is 1. The molecule has 2 aromatic rings. The quantitative estimate of drug-likeness (QED) is 0.862. The molecule has 2 rings (SSSR count). The van der Waals surface area contributed by atoms with E-state index in [4.69, 9.17) is 4.74 Å². The Labute approximate surface area is 126 Å². The number of halogens is 1. The van der Waals surface area contributed by atoms with Gasteiger partial charge in [0, 0.05) is 31.4 Å². The Morgan fingerprint density at radius 1 is 1.48 bits per heavy atom. The second kappa shape index (κ2) is 6.51. The maximum atomic E-state index is 13.1. The molecule has 1 heterocycles. The third-order valence-electron chi connectivity index (χ3n) is 3.18. The van der Waals surface area contributed by atoms with Gasteiger partial charge in [-0.1, -0.05) is 0 Å². The number of benzene rings is 1. The number of hydrogen-bond acceptors (Lipinski definition) is 4. The molecule has 0 saturated carbocycles. The lowest BCUT2D eigenvalue weighted by Gasteiger charge is -2.22. The van der Waals surface area contributed by atoms with Crippen LogP contribution in [-0.2, 0) is 4.74 Å². The molecule has 0 radical (unpaired) electrons. The highest BCUT2D eigenvalue weighted by Gasteiger charge is 2.21. The number of thiophene rings is 1. The molecule has 21 heavy (non-hydrogen) atoms. The lowest BCUT2D eigenvalue weighted by atomic mass is 10.0. The number of hydrogen-bond donors (Lipinski definition) is 2. The zero-order chi connectivity index (χ0) is 15.5. The van der Waals surface area contributed by atoms with Crippen LogP contribution in [0.1, 0.15) is 23.0 Å². The number of fused-ring (bicyclic) bond motifs is 1. The first-order valence-corrected chi connectivity index (χ1v) is 7.41. The van der Waals surface area contributed by atoms with Crippen LogP contribution in [-0.4, -0.2) is 36.9 Å². The van der Waals surface area contributed by atoms with Crippen molar-refractivity contribution in [3.05, 3.63) is 35.0 Å². The average molecular weight is 311 g/mol. The normalized spacial score (nSPS) is 14.1. The van der Waals surface area contributed by atoms with E-state index in [9.17, 15) is 14.3 Å². The molecule has 0 bridgehead atoms. The molecule has 114 valence electrons. The van der Waals surface area contributed by atoms with Gasteiger partial charge in [-0.2, -0.15) is 0 Å². The number of nitrogens with one attached hydrogen (secondary N) is 1. The molecule has 0 aliphatic heterocycles. The van der Waals surface area contributed by atoms with Gasteiger partial charge >= 0.3 is 0 Å². The van der Waals surface area contributed by atoms with Gasteiger partial charge in [0.2, 0.25) is 0 Å². The first kappa shape index (κ1) is 15.9. The molecule has 1 atom stereocenters. The Bertz CT molecular complexity index is 639. The fourth-order valence-electron chi connectivity index (χ4n) is 1.89. The third kappa shape index (κ3) is 4.23. The number of rotatable bonds is 6. The fourth-order valence-corrected chi connectivity index (χ4v) is 2.85. The maximum absolute atomic E-state index is 13.1. The maximum Gasteiger partial charge on any atom is 0.261 e. The van der Waals surface area contributed by atoms with Crippen LogP contribution in [0.4, 0.5) is 4.39 Å². The molecule has 6 heteroatoms. The smallest absolute Gasteiger partial charge is 0.261 e. The van der Waals surface area contributed by atoms with Crippen LogP contribution in [0.5, 0.6) is 0 Å². The van der Waals surface area contributed by atoms with Crippen LogP contribution in [0.3, 0.4) is 0 Å². The molecule has 0 aliphatic rings. The standard InChI is InChI=1S/C15H18FNO3S/c1-15(19,5-6-20-2)9-17-14(18)13-8-10-7-11(16)3-4-12(10)21-13/h3-4,7-8,19H,5-6,9H2,1-2H3,(H,17,18). The Kier molecular flexibility index (Phi) is 4.92. The van der Waals surface area contributed by atoms with Crippen molar-refractivity contribution in [3.63, 3.8) is 0 Å². The predicted octanol–water partition coefficient (Wildman–Crippen LogP) is 2.56. The second-order valence-electron chi connectivity index (χ2n) is 5.22. The molecular weight excluding hydrogens is 293 g/mol. The van der Waals surface area contributed by atoms with E-state index in [1.807, 2.05) is 0 Å². The topological polar surface area (TPSA) is 58.6 Å². The lowest BCUT2D eigenvalue weighted by molar-refractivity contribution is 0.0244. The molecule has 1 aromatic heterocycles. The van der Waals surface area contributed by atoms with Gasteiger partial charge in [0.15, 0.2) is 0 Å². The van der Waals surface area contributed by atoms with Gasteiger partial charge in [-0.15, -0.1) is 11.3 Å². The van der Waals surface area contributed by atoms with Crippen LogP contribution in [0, 0.1) is 5.82 Å². The van der Waals surface area contributed by atoms with Crippen LogP contribution >= 0.6 is 11.3 Å². The number of carbonyl (C=O) groups is 1. The first-order chi connectivity index (χ1) is 9.91. The van der Waals surface area contributed by atoms with Gasteiger partial charge in [-0.25, -0.2) is 4.39 Å². The summed E-state index contributed by atoms with van der Waals surface area (Å²) in [5, 5.41) is 13.5. The predicted molar refractivity (Wildman–Crippen MR) is 81.2 cm³/mol. The van der Waals surface area contributed by atoms with Crippen molar-refractivity contribution in [2.24, 2.45) is 0 Å². The van der Waals surface area contributed by atoms with E-state index in [1.165, 1.54) is 23.5 Å². The summed E-state index contributed by atoms with van der Waals surface area (Å²) in [6, 6.07) is 6.08. The Morgan fingerprint density at radius 2 is 2.24 bits per heavy atom. The van der Waals surface area contributed by atoms with Gasteiger partial charge in [-0.3, -0.25) is 4.79 Å². The molecule has 0 spiro atoms. The van der Waals surface area contributed by atoms with Gasteiger partial charge in [0.1, 0.15) is 5.82 Å². The van der Waals surface area contributed by atoms with E-state index in [0.29, 0.717) is 23.3 Å². The molecule has 0 aliphatic carbocycles. The Balaban J connectivity index is 2.02. The summed E-state index contributed by atoms with van der Waals surface area (Å²) in [6.45, 7) is 2.20. The van der Waals surface area contributed by atoms with E-state index in [2.05, 4.69) is 5.32 Å². The van der Waals surface area contributed by atoms with Crippen molar-refractivity contribution in [3.8, 4) is 0 Å². The molecule has 1 aromatic carbocycles. The van der Waals surface area contributed by atoms with Crippen LogP contribution in [0.15, 0.2) is 24.3 Å². The Morgan fingerprint density at radius 3 is 2.95 bits per heavy atom. The zero-order valence-electron chi connectivity index (χ0n) is 12.0.